The van der Waals surface area contributed by atoms with Crippen molar-refractivity contribution in [2.75, 3.05) is 92.0 Å². The minimum Gasteiger partial charge on any atom is -1.00 e. The Bertz CT molecular complexity index is 2970. The molecule has 420 valence electrons. The summed E-state index contributed by atoms with van der Waals surface area (Å²) in [6.07, 6.45) is 36.8. The summed E-state index contributed by atoms with van der Waals surface area (Å²) in [7, 11) is 0. The first kappa shape index (κ1) is 58.7. The summed E-state index contributed by atoms with van der Waals surface area (Å²) in [6.45, 7) is 19.1. The molecule has 6 fully saturated rings. The van der Waals surface area contributed by atoms with Crippen LogP contribution in [0, 0.1) is 17.8 Å². The molecule has 0 spiro atoms. The van der Waals surface area contributed by atoms with Crippen LogP contribution in [-0.4, -0.2) is 145 Å². The van der Waals surface area contributed by atoms with Crippen LogP contribution in [0.15, 0.2) is 55.4 Å². The van der Waals surface area contributed by atoms with Gasteiger partial charge in [0.25, 0.3) is 0 Å². The maximum Gasteiger partial charge on any atom is 1.00 e. The van der Waals surface area contributed by atoms with E-state index in [0.717, 1.165) is 141 Å². The molecule has 79 heavy (non-hydrogen) atoms. The van der Waals surface area contributed by atoms with Gasteiger partial charge in [-0.05, 0) is 164 Å². The Morgan fingerprint density at radius 3 is 1.05 bits per heavy atom. The van der Waals surface area contributed by atoms with Crippen LogP contribution in [-0.2, 0) is 33.5 Å². The zero-order valence-corrected chi connectivity index (χ0v) is 49.4. The average molecular weight is 1100 g/mol. The van der Waals surface area contributed by atoms with Gasteiger partial charge < -0.3 is 30.8 Å². The van der Waals surface area contributed by atoms with E-state index in [2.05, 4.69) is 79.0 Å². The number of likely N-dealkylation sites (tertiary alicyclic amines) is 2. The largest absolute Gasteiger partial charge is 1.00 e. The minimum absolute atomic E-state index is 0. The van der Waals surface area contributed by atoms with Crippen LogP contribution < -0.4 is 56.7 Å². The molecule has 6 aromatic heterocycles. The topological polar surface area (TPSA) is 137 Å². The number of allylic oxidation sites excluding steroid dienone is 6. The van der Waals surface area contributed by atoms with Gasteiger partial charge in [0.15, 0.2) is 16.9 Å². The van der Waals surface area contributed by atoms with E-state index in [4.69, 9.17) is 44.1 Å². The summed E-state index contributed by atoms with van der Waals surface area (Å²) in [5.74, 6) is 3.58. The fourth-order valence-electron chi connectivity index (χ4n) is 14.2. The molecule has 6 saturated heterocycles. The number of rotatable bonds is 8. The average Bonchev–Trinajstić information content (AvgIpc) is 4.53. The van der Waals surface area contributed by atoms with Crippen molar-refractivity contribution >= 4 is 33.7 Å². The minimum atomic E-state index is 0. The van der Waals surface area contributed by atoms with Crippen LogP contribution in [0.5, 0.6) is 0 Å². The number of piperidine rings is 3. The summed E-state index contributed by atoms with van der Waals surface area (Å²) < 4.78 is 23.7. The Morgan fingerprint density at radius 1 is 0.443 bits per heavy atom. The van der Waals surface area contributed by atoms with E-state index >= 15 is 0 Å². The molecule has 16 heteroatoms. The quantitative estimate of drug-likeness (QED) is 0.151. The number of imidazole rings is 3. The molecule has 9 aliphatic rings. The van der Waals surface area contributed by atoms with Gasteiger partial charge in [-0.1, -0.05) is 46.9 Å². The number of hydrogen-bond donors (Lipinski definition) is 1. The first-order valence-corrected chi connectivity index (χ1v) is 29.7. The molecular formula is C63H89KN12O3. The Labute approximate surface area is 513 Å². The van der Waals surface area contributed by atoms with Gasteiger partial charge in [0.05, 0.1) is 69.8 Å². The van der Waals surface area contributed by atoms with Gasteiger partial charge in [0.2, 0.25) is 0 Å². The summed E-state index contributed by atoms with van der Waals surface area (Å²) >= 11 is 0. The van der Waals surface area contributed by atoms with Gasteiger partial charge in [-0.2, -0.15) is 0 Å². The Kier molecular flexibility index (Phi) is 19.9. The van der Waals surface area contributed by atoms with E-state index in [0.29, 0.717) is 35.5 Å². The van der Waals surface area contributed by atoms with Crippen molar-refractivity contribution in [2.24, 2.45) is 17.8 Å². The van der Waals surface area contributed by atoms with Crippen LogP contribution in [0.4, 0.5) is 0 Å². The zero-order chi connectivity index (χ0) is 51.0. The molecule has 3 aliphatic carbocycles. The molecule has 0 bridgehead atoms. The first-order chi connectivity index (χ1) is 37.6. The summed E-state index contributed by atoms with van der Waals surface area (Å²) in [5.41, 5.74) is 18.8. The number of nitrogens with one attached hydrogen (secondary N) is 1. The van der Waals surface area contributed by atoms with Crippen LogP contribution in [0.2, 0.25) is 0 Å². The van der Waals surface area contributed by atoms with Gasteiger partial charge in [-0.3, -0.25) is 28.2 Å². The molecule has 1 N–H and O–H groups in total. The second kappa shape index (κ2) is 26.8. The van der Waals surface area contributed by atoms with E-state index < -0.39 is 0 Å². The zero-order valence-electron chi connectivity index (χ0n) is 47.3. The molecule has 0 radical (unpaired) electrons. The molecule has 0 unspecified atom stereocenters. The van der Waals surface area contributed by atoms with Crippen LogP contribution in [0.25, 0.3) is 33.7 Å². The predicted molar refractivity (Wildman–Crippen MR) is 312 cm³/mol. The Morgan fingerprint density at radius 2 is 0.747 bits per heavy atom. The fraction of sp³-hybridized carbons (Fsp3) is 0.619. The van der Waals surface area contributed by atoms with E-state index in [1.54, 1.807) is 0 Å². The van der Waals surface area contributed by atoms with Crippen molar-refractivity contribution in [3.05, 3.63) is 107 Å². The van der Waals surface area contributed by atoms with Crippen molar-refractivity contribution in [3.63, 3.8) is 0 Å². The second-order valence-corrected chi connectivity index (χ2v) is 23.0. The van der Waals surface area contributed by atoms with Crippen molar-refractivity contribution in [1.82, 2.24) is 58.2 Å². The number of nitrogens with zero attached hydrogens (tertiary/aromatic N) is 11. The number of aromatic nitrogens is 9. The van der Waals surface area contributed by atoms with Gasteiger partial charge in [-0.15, -0.1) is 0 Å². The summed E-state index contributed by atoms with van der Waals surface area (Å²) in [6, 6.07) is 0. The molecule has 0 atom stereocenters. The van der Waals surface area contributed by atoms with Crippen molar-refractivity contribution in [3.8, 4) is 0 Å². The van der Waals surface area contributed by atoms with Gasteiger partial charge >= 0.3 is 51.4 Å². The van der Waals surface area contributed by atoms with Crippen molar-refractivity contribution in [1.29, 1.82) is 0 Å². The third-order valence-corrected chi connectivity index (χ3v) is 18.8. The molecule has 12 heterocycles. The van der Waals surface area contributed by atoms with Gasteiger partial charge in [-0.25, -0.2) is 15.0 Å². The van der Waals surface area contributed by atoms with E-state index in [1.165, 1.54) is 133 Å². The molecule has 0 amide bonds. The summed E-state index contributed by atoms with van der Waals surface area (Å²) in [5, 5.41) is 3.44. The van der Waals surface area contributed by atoms with Gasteiger partial charge in [0.1, 0.15) is 0 Å². The normalized spacial score (nSPS) is 21.9. The third-order valence-electron chi connectivity index (χ3n) is 18.8. The number of fused-ring (bicyclic) bond motifs is 9. The van der Waals surface area contributed by atoms with Gasteiger partial charge in [0, 0.05) is 95.2 Å². The van der Waals surface area contributed by atoms with Crippen molar-refractivity contribution in [2.45, 2.75) is 143 Å². The van der Waals surface area contributed by atoms with Crippen LogP contribution in [0.3, 0.4) is 0 Å². The van der Waals surface area contributed by atoms with E-state index in [1.807, 2.05) is 18.6 Å². The standard InChI is InChI=1S/2C21H28N4O.C19H24N4O.2CH4.K.H/c2*1-2-24-9-5-16(6-10-24)19-14-25-20(23-19)13-22-18-4-3-17(21(18)25)15-7-11-26-12-8-15;1-2-16-19(15(1)13-5-9-24-10-6-13)23-12-17(22-18(23)11-21-16)14-3-7-20-8-4-14;;;;/h2*3,13-16H,2,4-12H2,1H3;1,11-14,20H,2-10H2;2*1H4;;/q;;;;;+1;-1. The maximum atomic E-state index is 5.57. The van der Waals surface area contributed by atoms with Crippen molar-refractivity contribution < 1.29 is 67.0 Å². The van der Waals surface area contributed by atoms with Crippen LogP contribution >= 0.6 is 0 Å². The Balaban J connectivity index is 0.000000142. The predicted octanol–water partition coefficient (Wildman–Crippen LogP) is 7.54. The van der Waals surface area contributed by atoms with Crippen LogP contribution in [0.1, 0.15) is 176 Å². The molecule has 0 saturated carbocycles. The Hall–Kier alpha value is -3.52. The molecule has 15 rings (SSSR count). The molecule has 0 aromatic carbocycles. The second-order valence-electron chi connectivity index (χ2n) is 23.0. The van der Waals surface area contributed by atoms with E-state index in [9.17, 15) is 0 Å². The summed E-state index contributed by atoms with van der Waals surface area (Å²) in [4.78, 5) is 34.1. The number of ether oxygens (including phenoxy) is 3. The first-order valence-electron chi connectivity index (χ1n) is 29.7. The number of hydrogen-bond acceptors (Lipinski definition) is 12. The smallest absolute Gasteiger partial charge is 1.00 e. The molecule has 6 aliphatic heterocycles. The fourth-order valence-corrected chi connectivity index (χ4v) is 14.2. The molecule has 15 nitrogen and oxygen atoms in total. The SMILES string of the molecule is C.C.C1=C(C2CCOCC2)c2c(ncc3nc(C4CCNCC4)cn23)C1.CCN1CCC(c2cn3c4c(ncc3n2)CC=C4C2CCOCC2)CC1.CCN1CCC(c2cn3c4c(ncc3n2)CC=C4C2CCOCC2)CC1.[H-].[K+]. The molecule has 6 aromatic rings. The monoisotopic (exact) mass is 1100 g/mol. The molecular weight excluding hydrogens is 1010 g/mol. The maximum absolute atomic E-state index is 5.57. The third kappa shape index (κ3) is 12.3. The van der Waals surface area contributed by atoms with E-state index in [-0.39, 0.29) is 67.7 Å².